The molecular weight excluding hydrogens is 276 g/mol. The number of amides is 1. The number of nitrogens with two attached hydrogens (primary N) is 1. The second-order valence-corrected chi connectivity index (χ2v) is 4.73. The lowest BCUT2D eigenvalue weighted by Gasteiger charge is -2.10. The number of anilines is 2. The lowest BCUT2D eigenvalue weighted by atomic mass is 10.2. The minimum Gasteiger partial charge on any atom is -0.484 e. The van der Waals surface area contributed by atoms with E-state index in [0.717, 1.165) is 5.56 Å². The summed E-state index contributed by atoms with van der Waals surface area (Å²) in [4.78, 5) is 11.8. The molecule has 104 valence electrons. The lowest BCUT2D eigenvalue weighted by molar-refractivity contribution is -0.118. The Kier molecular flexibility index (Phi) is 4.48. The van der Waals surface area contributed by atoms with Crippen LogP contribution in [0.5, 0.6) is 5.75 Å². The molecule has 0 heterocycles. The van der Waals surface area contributed by atoms with Crippen LogP contribution in [-0.4, -0.2) is 12.5 Å². The zero-order valence-corrected chi connectivity index (χ0v) is 11.8. The van der Waals surface area contributed by atoms with E-state index in [2.05, 4.69) is 5.32 Å². The van der Waals surface area contributed by atoms with Gasteiger partial charge in [-0.05, 0) is 36.8 Å². The Balaban J connectivity index is 1.94. The summed E-state index contributed by atoms with van der Waals surface area (Å²) in [5.41, 5.74) is 7.73. The summed E-state index contributed by atoms with van der Waals surface area (Å²) in [6.45, 7) is 1.76. The van der Waals surface area contributed by atoms with Crippen molar-refractivity contribution >= 4 is 28.9 Å². The van der Waals surface area contributed by atoms with Gasteiger partial charge in [0.2, 0.25) is 0 Å². The molecule has 0 aliphatic carbocycles. The molecule has 2 aromatic rings. The van der Waals surface area contributed by atoms with Crippen LogP contribution in [0.4, 0.5) is 11.4 Å². The number of benzene rings is 2. The molecule has 5 heteroatoms. The third kappa shape index (κ3) is 3.65. The first-order valence-corrected chi connectivity index (χ1v) is 6.47. The van der Waals surface area contributed by atoms with Gasteiger partial charge in [-0.3, -0.25) is 4.79 Å². The summed E-state index contributed by atoms with van der Waals surface area (Å²) in [7, 11) is 0. The van der Waals surface area contributed by atoms with Crippen molar-refractivity contribution in [3.63, 3.8) is 0 Å². The van der Waals surface area contributed by atoms with Gasteiger partial charge in [0, 0.05) is 22.5 Å². The molecule has 0 fully saturated rings. The van der Waals surface area contributed by atoms with Crippen molar-refractivity contribution in [3.05, 3.63) is 53.1 Å². The van der Waals surface area contributed by atoms with Crippen LogP contribution in [0.25, 0.3) is 0 Å². The number of nitrogen functional groups attached to an aromatic ring is 1. The molecular formula is C15H15ClN2O2. The van der Waals surface area contributed by atoms with E-state index in [4.69, 9.17) is 22.1 Å². The molecule has 0 aromatic heterocycles. The van der Waals surface area contributed by atoms with Crippen LogP contribution in [0, 0.1) is 6.92 Å². The Morgan fingerprint density at radius 3 is 2.80 bits per heavy atom. The second kappa shape index (κ2) is 6.30. The SMILES string of the molecule is Cc1c(Cl)cccc1NC(=O)COc1cccc(N)c1. The molecule has 0 bridgehead atoms. The number of carbonyl (C=O) groups excluding carboxylic acids is 1. The van der Waals surface area contributed by atoms with E-state index < -0.39 is 0 Å². The van der Waals surface area contributed by atoms with Gasteiger partial charge >= 0.3 is 0 Å². The normalized spacial score (nSPS) is 10.1. The quantitative estimate of drug-likeness (QED) is 0.850. The first-order chi connectivity index (χ1) is 9.56. The van der Waals surface area contributed by atoms with Gasteiger partial charge in [-0.25, -0.2) is 0 Å². The third-order valence-corrected chi connectivity index (χ3v) is 3.18. The Bertz CT molecular complexity index is 629. The van der Waals surface area contributed by atoms with Crippen LogP contribution in [0.2, 0.25) is 5.02 Å². The van der Waals surface area contributed by atoms with Crippen molar-refractivity contribution in [2.24, 2.45) is 0 Å². The van der Waals surface area contributed by atoms with E-state index in [1.165, 1.54) is 0 Å². The van der Waals surface area contributed by atoms with Gasteiger partial charge in [0.15, 0.2) is 6.61 Å². The Morgan fingerprint density at radius 2 is 2.05 bits per heavy atom. The highest BCUT2D eigenvalue weighted by atomic mass is 35.5. The minimum absolute atomic E-state index is 0.0879. The van der Waals surface area contributed by atoms with Crippen molar-refractivity contribution in [2.75, 3.05) is 17.7 Å². The molecule has 1 amide bonds. The monoisotopic (exact) mass is 290 g/mol. The fourth-order valence-corrected chi connectivity index (χ4v) is 1.86. The fourth-order valence-electron chi connectivity index (χ4n) is 1.68. The van der Waals surface area contributed by atoms with E-state index in [1.807, 2.05) is 6.92 Å². The van der Waals surface area contributed by atoms with Gasteiger partial charge in [-0.1, -0.05) is 23.7 Å². The van der Waals surface area contributed by atoms with Gasteiger partial charge in [-0.15, -0.1) is 0 Å². The zero-order valence-electron chi connectivity index (χ0n) is 11.0. The molecule has 0 aliphatic heterocycles. The van der Waals surface area contributed by atoms with Gasteiger partial charge in [-0.2, -0.15) is 0 Å². The number of ether oxygens (including phenoxy) is 1. The van der Waals surface area contributed by atoms with Gasteiger partial charge in [0.25, 0.3) is 5.91 Å². The van der Waals surface area contributed by atoms with Crippen LogP contribution in [-0.2, 0) is 4.79 Å². The van der Waals surface area contributed by atoms with Crippen LogP contribution in [0.15, 0.2) is 42.5 Å². The largest absolute Gasteiger partial charge is 0.484 e. The predicted octanol–water partition coefficient (Wildman–Crippen LogP) is 3.25. The van der Waals surface area contributed by atoms with Gasteiger partial charge in [0.1, 0.15) is 5.75 Å². The zero-order chi connectivity index (χ0) is 14.5. The van der Waals surface area contributed by atoms with Crippen LogP contribution >= 0.6 is 11.6 Å². The van der Waals surface area contributed by atoms with E-state index in [9.17, 15) is 4.79 Å². The van der Waals surface area contributed by atoms with Gasteiger partial charge < -0.3 is 15.8 Å². The topological polar surface area (TPSA) is 64.3 Å². The van der Waals surface area contributed by atoms with E-state index in [0.29, 0.717) is 22.1 Å². The highest BCUT2D eigenvalue weighted by molar-refractivity contribution is 6.31. The molecule has 0 radical (unpaired) electrons. The first-order valence-electron chi connectivity index (χ1n) is 6.09. The summed E-state index contributed by atoms with van der Waals surface area (Å²) >= 11 is 5.99. The van der Waals surface area contributed by atoms with Crippen LogP contribution in [0.3, 0.4) is 0 Å². The number of hydrogen-bond acceptors (Lipinski definition) is 3. The summed E-state index contributed by atoms with van der Waals surface area (Å²) in [5, 5.41) is 3.37. The second-order valence-electron chi connectivity index (χ2n) is 4.32. The molecule has 2 aromatic carbocycles. The number of nitrogens with one attached hydrogen (secondary N) is 1. The van der Waals surface area contributed by atoms with Crippen molar-refractivity contribution in [2.45, 2.75) is 6.92 Å². The molecule has 0 saturated heterocycles. The summed E-state index contributed by atoms with van der Waals surface area (Å²) in [6, 6.07) is 12.3. The highest BCUT2D eigenvalue weighted by Crippen LogP contribution is 2.22. The van der Waals surface area contributed by atoms with Crippen molar-refractivity contribution < 1.29 is 9.53 Å². The molecule has 4 nitrogen and oxygen atoms in total. The fraction of sp³-hybridized carbons (Fsp3) is 0.133. The van der Waals surface area contributed by atoms with E-state index in [1.54, 1.807) is 42.5 Å². The summed E-state index contributed by atoms with van der Waals surface area (Å²) < 4.78 is 5.37. The van der Waals surface area contributed by atoms with Crippen LogP contribution in [0.1, 0.15) is 5.56 Å². The maximum Gasteiger partial charge on any atom is 0.262 e. The summed E-state index contributed by atoms with van der Waals surface area (Å²) in [5.74, 6) is 0.306. The molecule has 3 N–H and O–H groups in total. The average Bonchev–Trinajstić information content (AvgIpc) is 2.42. The molecule has 0 aliphatic rings. The Hall–Kier alpha value is -2.20. The lowest BCUT2D eigenvalue weighted by Crippen LogP contribution is -2.20. The van der Waals surface area contributed by atoms with Crippen LogP contribution < -0.4 is 15.8 Å². The number of halogens is 1. The molecule has 20 heavy (non-hydrogen) atoms. The maximum atomic E-state index is 11.8. The van der Waals surface area contributed by atoms with Gasteiger partial charge in [0.05, 0.1) is 0 Å². The smallest absolute Gasteiger partial charge is 0.262 e. The first kappa shape index (κ1) is 14.2. The standard InChI is InChI=1S/C15H15ClN2O2/c1-10-13(16)6-3-7-14(10)18-15(19)9-20-12-5-2-4-11(17)8-12/h2-8H,9,17H2,1H3,(H,18,19). The van der Waals surface area contributed by atoms with Crippen molar-refractivity contribution in [3.8, 4) is 5.75 Å². The van der Waals surface area contributed by atoms with Crippen molar-refractivity contribution in [1.82, 2.24) is 0 Å². The van der Waals surface area contributed by atoms with Crippen molar-refractivity contribution in [1.29, 1.82) is 0 Å². The molecule has 0 unspecified atom stereocenters. The molecule has 0 atom stereocenters. The predicted molar refractivity (Wildman–Crippen MR) is 81.2 cm³/mol. The molecule has 2 rings (SSSR count). The van der Waals surface area contributed by atoms with E-state index >= 15 is 0 Å². The average molecular weight is 291 g/mol. The highest BCUT2D eigenvalue weighted by Gasteiger charge is 2.07. The molecule has 0 spiro atoms. The number of hydrogen-bond donors (Lipinski definition) is 2. The minimum atomic E-state index is -0.252. The van der Waals surface area contributed by atoms with E-state index in [-0.39, 0.29) is 12.5 Å². The Labute approximate surface area is 122 Å². The summed E-state index contributed by atoms with van der Waals surface area (Å²) in [6.07, 6.45) is 0. The maximum absolute atomic E-state index is 11.8. The Morgan fingerprint density at radius 1 is 1.30 bits per heavy atom. The molecule has 0 saturated carbocycles. The third-order valence-electron chi connectivity index (χ3n) is 2.77. The number of carbonyl (C=O) groups is 1. The number of rotatable bonds is 4.